The van der Waals surface area contributed by atoms with Crippen LogP contribution < -0.4 is 25.4 Å². The van der Waals surface area contributed by atoms with Gasteiger partial charge in [-0.3, -0.25) is 14.2 Å². The topological polar surface area (TPSA) is 155 Å². The summed E-state index contributed by atoms with van der Waals surface area (Å²) in [6.45, 7) is 6.49. The number of nitrogens with zero attached hydrogens (tertiary/aromatic N) is 7. The van der Waals surface area contributed by atoms with Gasteiger partial charge in [-0.05, 0) is 51.0 Å². The molecule has 0 aliphatic carbocycles. The number of anilines is 3. The number of pyridine rings is 1. The van der Waals surface area contributed by atoms with Crippen molar-refractivity contribution in [3.05, 3.63) is 74.4 Å². The van der Waals surface area contributed by atoms with Gasteiger partial charge in [0.25, 0.3) is 11.5 Å². The van der Waals surface area contributed by atoms with Crippen LogP contribution in [-0.4, -0.2) is 70.3 Å². The summed E-state index contributed by atoms with van der Waals surface area (Å²) in [7, 11) is -2.16. The fourth-order valence-corrected chi connectivity index (χ4v) is 6.78. The van der Waals surface area contributed by atoms with Crippen LogP contribution in [-0.2, 0) is 17.1 Å². The maximum absolute atomic E-state index is 14.6. The van der Waals surface area contributed by atoms with Crippen LogP contribution in [0.3, 0.4) is 0 Å². The van der Waals surface area contributed by atoms with Gasteiger partial charge >= 0.3 is 0 Å². The Balaban J connectivity index is 1.35. The number of carbonyl (C=O) groups excluding carboxylic acids is 1. The maximum Gasteiger partial charge on any atom is 0.285 e. The van der Waals surface area contributed by atoms with Gasteiger partial charge in [0.05, 0.1) is 47.2 Å². The number of rotatable bonds is 7. The molecule has 2 aliphatic heterocycles. The van der Waals surface area contributed by atoms with E-state index in [2.05, 4.69) is 25.2 Å². The molecule has 16 heteroatoms. The number of carbonyl (C=O) groups is 1. The van der Waals surface area contributed by atoms with Gasteiger partial charge in [-0.1, -0.05) is 17.7 Å². The number of aryl methyl sites for hydroxylation is 2. The molecule has 3 atom stereocenters. The van der Waals surface area contributed by atoms with Crippen molar-refractivity contribution in [3.63, 3.8) is 0 Å². The van der Waals surface area contributed by atoms with Gasteiger partial charge in [0.1, 0.15) is 11.0 Å². The van der Waals surface area contributed by atoms with E-state index in [1.54, 1.807) is 24.6 Å². The minimum Gasteiger partial charge on any atom is -0.377 e. The summed E-state index contributed by atoms with van der Waals surface area (Å²) in [5, 5.41) is 3.67. The van der Waals surface area contributed by atoms with Crippen molar-refractivity contribution < 1.29 is 17.6 Å². The lowest BCUT2D eigenvalue weighted by Gasteiger charge is -2.36. The first kappa shape index (κ1) is 30.6. The Morgan fingerprint density at radius 1 is 1.11 bits per heavy atom. The lowest BCUT2D eigenvalue weighted by molar-refractivity contribution is 0.0977. The highest BCUT2D eigenvalue weighted by atomic mass is 35.5. The fourth-order valence-electron chi connectivity index (χ4n) is 6.20. The van der Waals surface area contributed by atoms with Crippen molar-refractivity contribution in [1.82, 2.24) is 29.2 Å². The van der Waals surface area contributed by atoms with Gasteiger partial charge < -0.3 is 15.1 Å². The van der Waals surface area contributed by atoms with Crippen molar-refractivity contribution in [2.45, 2.75) is 45.3 Å². The molecule has 0 saturated carbocycles. The Morgan fingerprint density at radius 3 is 2.51 bits per heavy atom. The van der Waals surface area contributed by atoms with Crippen LogP contribution >= 0.6 is 11.6 Å². The van der Waals surface area contributed by atoms with Crippen LogP contribution in [0.2, 0.25) is 5.15 Å². The average Bonchev–Trinajstić information content (AvgIpc) is 3.57. The van der Waals surface area contributed by atoms with E-state index in [9.17, 15) is 22.4 Å². The monoisotopic (exact) mass is 655 g/mol. The molecule has 5 heterocycles. The van der Waals surface area contributed by atoms with E-state index in [-0.39, 0.29) is 40.0 Å². The molecule has 0 radical (unpaired) electrons. The highest BCUT2D eigenvalue weighted by Crippen LogP contribution is 2.37. The molecular weight excluding hydrogens is 625 g/mol. The summed E-state index contributed by atoms with van der Waals surface area (Å²) in [5.74, 6) is -0.127. The number of sulfonamides is 1. The maximum atomic E-state index is 14.6. The number of aromatic nitrogens is 5. The summed E-state index contributed by atoms with van der Waals surface area (Å²) in [5.41, 5.74) is 1.84. The van der Waals surface area contributed by atoms with E-state index >= 15 is 0 Å². The fraction of sp³-hybridized carbons (Fsp3) is 0.379. The zero-order valence-corrected chi connectivity index (χ0v) is 26.7. The first-order valence-corrected chi connectivity index (χ1v) is 16.5. The van der Waals surface area contributed by atoms with E-state index in [0.29, 0.717) is 41.3 Å². The number of hydrogen-bond acceptors (Lipinski definition) is 11. The second-order valence-electron chi connectivity index (χ2n) is 11.6. The van der Waals surface area contributed by atoms with E-state index < -0.39 is 27.8 Å². The van der Waals surface area contributed by atoms with E-state index in [1.165, 1.54) is 18.3 Å². The van der Waals surface area contributed by atoms with Crippen LogP contribution in [0.5, 0.6) is 0 Å². The normalized spacial score (nSPS) is 18.5. The number of amides is 1. The second-order valence-corrected chi connectivity index (χ2v) is 13.7. The standard InChI is InChI=1S/C29H31ClFN9O4S/c1-14-8-19(15(2)33-22-6-7-23(30)35-25(22)27(41)37-45(5,43)44)24-20(9-14)28(42)38(4)29(36-24)40-13-17-10-18(40)12-39(17)26-21(31)11-32-16(3)34-26/h6-9,11,15,17-18,33H,10,12-13H2,1-5H3,(H,37,41)/t15-,17-,18-/m1/s1. The van der Waals surface area contributed by atoms with Crippen molar-refractivity contribution in [2.75, 3.05) is 34.5 Å². The van der Waals surface area contributed by atoms with E-state index in [0.717, 1.165) is 18.2 Å². The Labute approximate surface area is 263 Å². The van der Waals surface area contributed by atoms with Crippen molar-refractivity contribution >= 4 is 55.9 Å². The SMILES string of the molecule is Cc1cc([C@@H](C)Nc2ccc(Cl)nc2C(=O)NS(C)(=O)=O)c2nc(N3C[C@H]4C[C@@H]3CN4c3nc(C)ncc3F)n(C)c(=O)c2c1. The van der Waals surface area contributed by atoms with Gasteiger partial charge in [-0.25, -0.2) is 37.5 Å². The zero-order valence-electron chi connectivity index (χ0n) is 25.2. The molecular formula is C29H31ClFN9O4S. The van der Waals surface area contributed by atoms with Crippen molar-refractivity contribution in [1.29, 1.82) is 0 Å². The molecule has 2 saturated heterocycles. The summed E-state index contributed by atoms with van der Waals surface area (Å²) in [4.78, 5) is 47.9. The molecule has 45 heavy (non-hydrogen) atoms. The van der Waals surface area contributed by atoms with Gasteiger partial charge in [-0.2, -0.15) is 0 Å². The molecule has 0 unspecified atom stereocenters. The Morgan fingerprint density at radius 2 is 1.82 bits per heavy atom. The van der Waals surface area contributed by atoms with Gasteiger partial charge in [0.2, 0.25) is 16.0 Å². The summed E-state index contributed by atoms with van der Waals surface area (Å²) >= 11 is 6.03. The van der Waals surface area contributed by atoms with Crippen LogP contribution in [0.1, 0.15) is 46.8 Å². The molecule has 1 amide bonds. The summed E-state index contributed by atoms with van der Waals surface area (Å²) < 4.78 is 41.5. The van der Waals surface area contributed by atoms with Crippen LogP contribution in [0.25, 0.3) is 10.9 Å². The van der Waals surface area contributed by atoms with Crippen LogP contribution in [0.4, 0.5) is 21.8 Å². The molecule has 2 N–H and O–H groups in total. The minimum absolute atomic E-state index is 0.0127. The first-order chi connectivity index (χ1) is 21.2. The van der Waals surface area contributed by atoms with Gasteiger partial charge in [0, 0.05) is 25.7 Å². The van der Waals surface area contributed by atoms with E-state index in [1.807, 2.05) is 29.5 Å². The van der Waals surface area contributed by atoms with Gasteiger partial charge in [-0.15, -0.1) is 0 Å². The van der Waals surface area contributed by atoms with Crippen LogP contribution in [0.15, 0.2) is 35.3 Å². The molecule has 1 aromatic carbocycles. The summed E-state index contributed by atoms with van der Waals surface area (Å²) in [6.07, 6.45) is 2.82. The van der Waals surface area contributed by atoms with E-state index in [4.69, 9.17) is 16.6 Å². The molecule has 2 fully saturated rings. The lowest BCUT2D eigenvalue weighted by atomic mass is 10.0. The third-order valence-electron chi connectivity index (χ3n) is 8.14. The second kappa shape index (κ2) is 11.2. The quantitative estimate of drug-likeness (QED) is 0.282. The number of halogens is 2. The number of nitrogens with one attached hydrogen (secondary N) is 2. The number of piperazine rings is 1. The Bertz CT molecular complexity index is 2040. The zero-order chi connectivity index (χ0) is 32.4. The number of fused-ring (bicyclic) bond motifs is 3. The molecule has 4 aromatic rings. The molecule has 236 valence electrons. The van der Waals surface area contributed by atoms with Crippen molar-refractivity contribution in [3.8, 4) is 0 Å². The molecule has 13 nitrogen and oxygen atoms in total. The Kier molecular flexibility index (Phi) is 7.64. The largest absolute Gasteiger partial charge is 0.377 e. The lowest BCUT2D eigenvalue weighted by Crippen LogP contribution is -2.49. The molecule has 2 aliphatic rings. The summed E-state index contributed by atoms with van der Waals surface area (Å²) in [6, 6.07) is 6.19. The molecule has 2 bridgehead atoms. The molecule has 3 aromatic heterocycles. The number of hydrogen-bond donors (Lipinski definition) is 2. The number of benzene rings is 1. The smallest absolute Gasteiger partial charge is 0.285 e. The third-order valence-corrected chi connectivity index (χ3v) is 8.91. The minimum atomic E-state index is -3.86. The average molecular weight is 656 g/mol. The Hall–Kier alpha value is -4.37. The molecule has 0 spiro atoms. The predicted molar refractivity (Wildman–Crippen MR) is 169 cm³/mol. The van der Waals surface area contributed by atoms with Crippen LogP contribution in [0, 0.1) is 19.7 Å². The highest BCUT2D eigenvalue weighted by Gasteiger charge is 2.46. The third kappa shape index (κ3) is 5.77. The van der Waals surface area contributed by atoms with Crippen molar-refractivity contribution in [2.24, 2.45) is 7.05 Å². The van der Waals surface area contributed by atoms with Gasteiger partial charge in [0.15, 0.2) is 17.3 Å². The highest BCUT2D eigenvalue weighted by molar-refractivity contribution is 7.89. The predicted octanol–water partition coefficient (Wildman–Crippen LogP) is 2.86. The first-order valence-electron chi connectivity index (χ1n) is 14.2. The molecule has 6 rings (SSSR count).